The lowest BCUT2D eigenvalue weighted by Crippen LogP contribution is -2.20. The summed E-state index contributed by atoms with van der Waals surface area (Å²) in [4.78, 5) is 25.5. The van der Waals surface area contributed by atoms with Gasteiger partial charge in [0.25, 0.3) is 0 Å². The molecule has 0 bridgehead atoms. The van der Waals surface area contributed by atoms with Crippen molar-refractivity contribution in [3.05, 3.63) is 63.1 Å². The Morgan fingerprint density at radius 2 is 2.00 bits per heavy atom. The summed E-state index contributed by atoms with van der Waals surface area (Å²) in [7, 11) is 0. The summed E-state index contributed by atoms with van der Waals surface area (Å²) in [5.41, 5.74) is 4.13. The maximum Gasteiger partial charge on any atom is 0.221 e. The van der Waals surface area contributed by atoms with Gasteiger partial charge in [-0.2, -0.15) is 0 Å². The molecule has 4 rings (SSSR count). The van der Waals surface area contributed by atoms with Gasteiger partial charge in [-0.25, -0.2) is 0 Å². The first-order valence-corrected chi connectivity index (χ1v) is 10.3. The molecule has 3 aromatic rings. The maximum absolute atomic E-state index is 13.0. The van der Waals surface area contributed by atoms with Gasteiger partial charge in [0, 0.05) is 33.1 Å². The number of hydrogen-bond donors (Lipinski definition) is 1. The second-order valence-corrected chi connectivity index (χ2v) is 8.46. The van der Waals surface area contributed by atoms with Crippen LogP contribution in [0.1, 0.15) is 37.1 Å². The molecular formula is C23H23NO2S. The van der Waals surface area contributed by atoms with Gasteiger partial charge in [-0.3, -0.25) is 9.59 Å². The highest BCUT2D eigenvalue weighted by Crippen LogP contribution is 2.34. The Labute approximate surface area is 163 Å². The Hall–Kier alpha value is -2.46. The molecule has 1 atom stereocenters. The van der Waals surface area contributed by atoms with Crippen molar-refractivity contribution in [2.75, 3.05) is 5.32 Å². The minimum Gasteiger partial charge on any atom is -0.326 e. The molecule has 27 heavy (non-hydrogen) atoms. The zero-order valence-corrected chi connectivity index (χ0v) is 16.5. The first-order chi connectivity index (χ1) is 13.0. The molecule has 3 nitrogen and oxygen atoms in total. The molecule has 0 saturated carbocycles. The molecule has 0 spiro atoms. The van der Waals surface area contributed by atoms with Gasteiger partial charge in [-0.05, 0) is 60.6 Å². The van der Waals surface area contributed by atoms with Crippen LogP contribution in [0.5, 0.6) is 0 Å². The van der Waals surface area contributed by atoms with Gasteiger partial charge in [0.1, 0.15) is 0 Å². The smallest absolute Gasteiger partial charge is 0.221 e. The van der Waals surface area contributed by atoms with E-state index in [1.54, 1.807) is 11.3 Å². The lowest BCUT2D eigenvalue weighted by molar-refractivity contribution is -0.114. The fourth-order valence-electron chi connectivity index (χ4n) is 3.92. The van der Waals surface area contributed by atoms with Crippen molar-refractivity contribution in [3.8, 4) is 11.1 Å². The topological polar surface area (TPSA) is 46.2 Å². The largest absolute Gasteiger partial charge is 0.326 e. The van der Waals surface area contributed by atoms with Crippen molar-refractivity contribution in [3.63, 3.8) is 0 Å². The number of hydrogen-bond acceptors (Lipinski definition) is 3. The number of carbonyl (C=O) groups is 1. The van der Waals surface area contributed by atoms with Crippen molar-refractivity contribution < 1.29 is 4.79 Å². The van der Waals surface area contributed by atoms with Crippen molar-refractivity contribution in [1.29, 1.82) is 0 Å². The highest BCUT2D eigenvalue weighted by Gasteiger charge is 2.21. The van der Waals surface area contributed by atoms with Gasteiger partial charge in [0.05, 0.1) is 0 Å². The third kappa shape index (κ3) is 3.54. The van der Waals surface area contributed by atoms with E-state index < -0.39 is 0 Å². The van der Waals surface area contributed by atoms with Gasteiger partial charge in [0.2, 0.25) is 5.91 Å². The zero-order chi connectivity index (χ0) is 19.0. The van der Waals surface area contributed by atoms with Crippen LogP contribution >= 0.6 is 11.3 Å². The van der Waals surface area contributed by atoms with Crippen LogP contribution < -0.4 is 10.7 Å². The van der Waals surface area contributed by atoms with Crippen LogP contribution in [-0.4, -0.2) is 5.91 Å². The fraction of sp³-hybridized carbons (Fsp3) is 0.304. The van der Waals surface area contributed by atoms with E-state index in [4.69, 9.17) is 0 Å². The van der Waals surface area contributed by atoms with Gasteiger partial charge < -0.3 is 5.32 Å². The minimum absolute atomic E-state index is 0.0824. The number of carbonyl (C=O) groups excluding carboxylic acids is 1. The van der Waals surface area contributed by atoms with E-state index in [0.717, 1.165) is 51.7 Å². The van der Waals surface area contributed by atoms with E-state index in [-0.39, 0.29) is 11.3 Å². The number of benzene rings is 2. The molecule has 1 aliphatic rings. The molecule has 2 aromatic carbocycles. The number of rotatable bonds is 3. The van der Waals surface area contributed by atoms with E-state index >= 15 is 0 Å². The van der Waals surface area contributed by atoms with Crippen LogP contribution in [0.3, 0.4) is 0 Å². The Morgan fingerprint density at radius 3 is 2.78 bits per heavy atom. The van der Waals surface area contributed by atoms with Crippen molar-refractivity contribution >= 4 is 33.0 Å². The predicted octanol–water partition coefficient (Wildman–Crippen LogP) is 5.40. The van der Waals surface area contributed by atoms with Crippen molar-refractivity contribution in [2.45, 2.75) is 39.5 Å². The van der Waals surface area contributed by atoms with Crippen LogP contribution in [0.4, 0.5) is 5.69 Å². The average molecular weight is 378 g/mol. The summed E-state index contributed by atoms with van der Waals surface area (Å²) in [6.45, 7) is 3.74. The van der Waals surface area contributed by atoms with Crippen LogP contribution in [0, 0.1) is 5.92 Å². The van der Waals surface area contributed by atoms with E-state index in [2.05, 4.69) is 18.3 Å². The van der Waals surface area contributed by atoms with Gasteiger partial charge in [-0.15, -0.1) is 11.3 Å². The number of fused-ring (bicyclic) bond motifs is 2. The van der Waals surface area contributed by atoms with Crippen LogP contribution in [0.2, 0.25) is 0 Å². The standard InChI is InChI=1S/C23H23NO2S/c1-3-15-7-9-19-21(11-15)27-22-13-17(8-10-20(22)23(19)26)16-5-4-6-18(12-16)24-14(2)25/h4-6,8,10,12-13,15H,3,7,9,11H2,1-2H3,(H,24,25). The normalized spacial score (nSPS) is 16.1. The first-order valence-electron chi connectivity index (χ1n) is 9.51. The molecule has 1 heterocycles. The Kier molecular flexibility index (Phi) is 4.83. The Balaban J connectivity index is 1.79. The summed E-state index contributed by atoms with van der Waals surface area (Å²) in [6, 6.07) is 13.9. The SMILES string of the molecule is CCC1CCc2c(sc3cc(-c4cccc(NC(C)=O)c4)ccc3c2=O)C1. The third-order valence-corrected chi connectivity index (χ3v) is 6.66. The van der Waals surface area contributed by atoms with E-state index in [1.165, 1.54) is 18.2 Å². The molecule has 0 fully saturated rings. The summed E-state index contributed by atoms with van der Waals surface area (Å²) in [5, 5.41) is 3.66. The average Bonchev–Trinajstić information content (AvgIpc) is 2.67. The molecule has 4 heteroatoms. The summed E-state index contributed by atoms with van der Waals surface area (Å²) in [5.74, 6) is 0.615. The first kappa shape index (κ1) is 17.9. The van der Waals surface area contributed by atoms with Crippen LogP contribution in [0.15, 0.2) is 47.3 Å². The molecule has 1 aromatic heterocycles. The van der Waals surface area contributed by atoms with Crippen molar-refractivity contribution in [1.82, 2.24) is 0 Å². The minimum atomic E-state index is -0.0824. The fourth-order valence-corrected chi connectivity index (χ4v) is 5.28. The Bertz CT molecular complexity index is 1080. The lowest BCUT2D eigenvalue weighted by atomic mass is 9.86. The van der Waals surface area contributed by atoms with Gasteiger partial charge in [0.15, 0.2) is 5.43 Å². The molecule has 0 radical (unpaired) electrons. The van der Waals surface area contributed by atoms with Gasteiger partial charge in [-0.1, -0.05) is 31.5 Å². The van der Waals surface area contributed by atoms with E-state index in [1.807, 2.05) is 36.4 Å². The second kappa shape index (κ2) is 7.28. The number of amides is 1. The predicted molar refractivity (Wildman–Crippen MR) is 114 cm³/mol. The molecule has 1 N–H and O–H groups in total. The van der Waals surface area contributed by atoms with Crippen LogP contribution in [-0.2, 0) is 17.6 Å². The highest BCUT2D eigenvalue weighted by molar-refractivity contribution is 7.18. The number of anilines is 1. The molecular weight excluding hydrogens is 354 g/mol. The molecule has 0 aliphatic heterocycles. The van der Waals surface area contributed by atoms with E-state index in [0.29, 0.717) is 5.92 Å². The highest BCUT2D eigenvalue weighted by atomic mass is 32.1. The molecule has 1 aliphatic carbocycles. The third-order valence-electron chi connectivity index (χ3n) is 5.44. The lowest BCUT2D eigenvalue weighted by Gasteiger charge is -2.22. The monoisotopic (exact) mass is 377 g/mol. The molecule has 138 valence electrons. The maximum atomic E-state index is 13.0. The van der Waals surface area contributed by atoms with E-state index in [9.17, 15) is 9.59 Å². The summed E-state index contributed by atoms with van der Waals surface area (Å²) < 4.78 is 1.05. The van der Waals surface area contributed by atoms with Crippen molar-refractivity contribution in [2.24, 2.45) is 5.92 Å². The van der Waals surface area contributed by atoms with Gasteiger partial charge >= 0.3 is 0 Å². The van der Waals surface area contributed by atoms with Crippen LogP contribution in [0.25, 0.3) is 21.2 Å². The molecule has 0 saturated heterocycles. The second-order valence-electron chi connectivity index (χ2n) is 7.32. The Morgan fingerprint density at radius 1 is 1.19 bits per heavy atom. The quantitative estimate of drug-likeness (QED) is 0.664. The summed E-state index contributed by atoms with van der Waals surface area (Å²) >= 11 is 1.78. The molecule has 1 amide bonds. The number of nitrogens with one attached hydrogen (secondary N) is 1. The summed E-state index contributed by atoms with van der Waals surface area (Å²) in [6.07, 6.45) is 4.25. The zero-order valence-electron chi connectivity index (χ0n) is 15.7. The molecule has 1 unspecified atom stereocenters.